The normalized spacial score (nSPS) is 10.7. The summed E-state index contributed by atoms with van der Waals surface area (Å²) in [5.41, 5.74) is 3.64. The van der Waals surface area contributed by atoms with Crippen molar-refractivity contribution in [1.82, 2.24) is 19.0 Å². The molecule has 45 heavy (non-hydrogen) atoms. The van der Waals surface area contributed by atoms with Crippen LogP contribution in [0, 0.1) is 18.3 Å². The Balaban J connectivity index is 1.38. The van der Waals surface area contributed by atoms with Crippen LogP contribution in [0.2, 0.25) is 0 Å². The standard InChI is InChI=1S/C31H33ClN8O4S/c1-19-12-20(6-7-27(19)45-11-8-32)28(41)35-21-14-25(39(3)16-21)30(43)37-23-15-26(40(4)18-23)31(44)36-22-13-24(38(2)17-22)29(42)34-10-5-9-33/h6-7,12-18H,5,8,10-11H2,1-4H3,(H,34,42)(H,35,41)(H,36,44)(H,37,43). The van der Waals surface area contributed by atoms with Crippen molar-refractivity contribution >= 4 is 64.1 Å². The SMILES string of the molecule is Cc1cc(C(=O)Nc2cc(C(=O)Nc3cc(C(=O)Nc4cc(C(=O)NCCC#N)n(C)c4)n(C)c3)n(C)c2)ccc1SCCCl. The van der Waals surface area contributed by atoms with Gasteiger partial charge in [-0.1, -0.05) is 0 Å². The van der Waals surface area contributed by atoms with E-state index in [0.29, 0.717) is 39.9 Å². The predicted octanol–water partition coefficient (Wildman–Crippen LogP) is 4.74. The molecule has 0 saturated carbocycles. The number of nitriles is 1. The first-order valence-electron chi connectivity index (χ1n) is 13.9. The van der Waals surface area contributed by atoms with Gasteiger partial charge in [-0.25, -0.2) is 0 Å². The summed E-state index contributed by atoms with van der Waals surface area (Å²) in [5, 5.41) is 19.7. The van der Waals surface area contributed by atoms with Gasteiger partial charge in [-0.05, 0) is 48.9 Å². The van der Waals surface area contributed by atoms with E-state index in [1.165, 1.54) is 12.1 Å². The van der Waals surface area contributed by atoms with Crippen molar-refractivity contribution in [3.05, 3.63) is 83.2 Å². The van der Waals surface area contributed by atoms with Crippen molar-refractivity contribution in [2.45, 2.75) is 18.2 Å². The second-order valence-electron chi connectivity index (χ2n) is 10.2. The molecule has 0 aliphatic heterocycles. The van der Waals surface area contributed by atoms with Crippen LogP contribution in [0.3, 0.4) is 0 Å². The molecule has 4 N–H and O–H groups in total. The molecule has 0 bridgehead atoms. The lowest BCUT2D eigenvalue weighted by atomic mass is 10.1. The van der Waals surface area contributed by atoms with E-state index in [1.54, 1.807) is 77.3 Å². The lowest BCUT2D eigenvalue weighted by Crippen LogP contribution is -2.25. The number of aromatic nitrogens is 3. The molecule has 1 aromatic carbocycles. The third-order valence-electron chi connectivity index (χ3n) is 6.78. The van der Waals surface area contributed by atoms with E-state index in [2.05, 4.69) is 21.3 Å². The van der Waals surface area contributed by atoms with E-state index in [1.807, 2.05) is 25.1 Å². The van der Waals surface area contributed by atoms with Crippen LogP contribution >= 0.6 is 23.4 Å². The van der Waals surface area contributed by atoms with Crippen molar-refractivity contribution in [2.75, 3.05) is 34.1 Å². The predicted molar refractivity (Wildman–Crippen MR) is 175 cm³/mol. The lowest BCUT2D eigenvalue weighted by Gasteiger charge is -2.08. The molecule has 4 aromatic rings. The Bertz CT molecular complexity index is 1800. The maximum absolute atomic E-state index is 13.1. The number of halogens is 1. The topological polar surface area (TPSA) is 155 Å². The van der Waals surface area contributed by atoms with Crippen molar-refractivity contribution < 1.29 is 19.2 Å². The Kier molecular flexibility index (Phi) is 10.8. The van der Waals surface area contributed by atoms with Crippen LogP contribution in [0.15, 0.2) is 59.9 Å². The zero-order chi connectivity index (χ0) is 32.7. The molecule has 0 fully saturated rings. The summed E-state index contributed by atoms with van der Waals surface area (Å²) in [4.78, 5) is 52.5. The lowest BCUT2D eigenvalue weighted by molar-refractivity contribution is 0.0944. The Morgan fingerprint density at radius 3 is 1.73 bits per heavy atom. The van der Waals surface area contributed by atoms with Gasteiger partial charge in [-0.3, -0.25) is 19.2 Å². The summed E-state index contributed by atoms with van der Waals surface area (Å²) < 4.78 is 4.74. The molecule has 14 heteroatoms. The van der Waals surface area contributed by atoms with Crippen LogP contribution in [0.4, 0.5) is 17.1 Å². The number of amides is 4. The average Bonchev–Trinajstić information content (AvgIpc) is 3.67. The smallest absolute Gasteiger partial charge is 0.272 e. The molecular formula is C31H33ClN8O4S. The van der Waals surface area contributed by atoms with Crippen molar-refractivity contribution in [1.29, 1.82) is 5.26 Å². The summed E-state index contributed by atoms with van der Waals surface area (Å²) in [6.45, 7) is 2.17. The van der Waals surface area contributed by atoms with E-state index in [0.717, 1.165) is 16.2 Å². The van der Waals surface area contributed by atoms with Crippen LogP contribution in [0.5, 0.6) is 0 Å². The highest BCUT2D eigenvalue weighted by Gasteiger charge is 2.19. The minimum absolute atomic E-state index is 0.193. The number of hydrogen-bond donors (Lipinski definition) is 4. The number of carbonyl (C=O) groups is 4. The first kappa shape index (κ1) is 33.0. The van der Waals surface area contributed by atoms with Crippen LogP contribution in [-0.4, -0.2) is 55.5 Å². The third-order valence-corrected chi connectivity index (χ3v) is 8.37. The quantitative estimate of drug-likeness (QED) is 0.0988. The molecule has 0 atom stereocenters. The van der Waals surface area contributed by atoms with E-state index < -0.39 is 11.8 Å². The van der Waals surface area contributed by atoms with Gasteiger partial charge in [0, 0.05) is 68.4 Å². The maximum Gasteiger partial charge on any atom is 0.272 e. The largest absolute Gasteiger partial charge is 0.350 e. The summed E-state index contributed by atoms with van der Waals surface area (Å²) in [6, 6.07) is 12.1. The number of anilines is 3. The highest BCUT2D eigenvalue weighted by atomic mass is 35.5. The second-order valence-corrected chi connectivity index (χ2v) is 11.7. The number of nitrogens with one attached hydrogen (secondary N) is 4. The van der Waals surface area contributed by atoms with Gasteiger partial charge in [-0.2, -0.15) is 5.26 Å². The number of carbonyl (C=O) groups excluding carboxylic acids is 4. The Morgan fingerprint density at radius 1 is 0.778 bits per heavy atom. The molecule has 0 aliphatic rings. The fraction of sp³-hybridized carbons (Fsp3) is 0.258. The number of alkyl halides is 1. The van der Waals surface area contributed by atoms with Crippen molar-refractivity contribution in [2.24, 2.45) is 21.1 Å². The first-order valence-corrected chi connectivity index (χ1v) is 15.4. The summed E-state index contributed by atoms with van der Waals surface area (Å²) in [7, 11) is 5.04. The van der Waals surface area contributed by atoms with E-state index >= 15 is 0 Å². The Hall–Kier alpha value is -4.93. The average molecular weight is 649 g/mol. The molecule has 0 radical (unpaired) electrons. The van der Waals surface area contributed by atoms with Crippen LogP contribution in [-0.2, 0) is 21.1 Å². The zero-order valence-electron chi connectivity index (χ0n) is 25.2. The van der Waals surface area contributed by atoms with Gasteiger partial charge in [0.1, 0.15) is 17.1 Å². The first-order chi connectivity index (χ1) is 21.5. The Morgan fingerprint density at radius 2 is 1.27 bits per heavy atom. The summed E-state index contributed by atoms with van der Waals surface area (Å²) in [5.74, 6) is -0.202. The minimum atomic E-state index is -0.440. The molecule has 12 nitrogen and oxygen atoms in total. The van der Waals surface area contributed by atoms with E-state index in [-0.39, 0.29) is 30.5 Å². The van der Waals surface area contributed by atoms with Gasteiger partial charge in [0.05, 0.1) is 29.6 Å². The molecule has 0 unspecified atom stereocenters. The van der Waals surface area contributed by atoms with Gasteiger partial charge in [0.25, 0.3) is 23.6 Å². The molecule has 0 spiro atoms. The Labute approximate surface area is 269 Å². The molecule has 4 amide bonds. The summed E-state index contributed by atoms with van der Waals surface area (Å²) >= 11 is 7.42. The van der Waals surface area contributed by atoms with Gasteiger partial charge in [0.15, 0.2) is 0 Å². The molecule has 3 aromatic heterocycles. The van der Waals surface area contributed by atoms with Crippen molar-refractivity contribution in [3.8, 4) is 6.07 Å². The number of benzene rings is 1. The zero-order valence-corrected chi connectivity index (χ0v) is 26.8. The van der Waals surface area contributed by atoms with Gasteiger partial charge in [0.2, 0.25) is 0 Å². The number of aryl methyl sites for hydroxylation is 4. The number of nitrogens with zero attached hydrogens (tertiary/aromatic N) is 4. The van der Waals surface area contributed by atoms with Gasteiger partial charge < -0.3 is 35.0 Å². The fourth-order valence-corrected chi connectivity index (χ4v) is 5.57. The van der Waals surface area contributed by atoms with Crippen LogP contribution in [0.25, 0.3) is 0 Å². The van der Waals surface area contributed by atoms with Crippen molar-refractivity contribution in [3.63, 3.8) is 0 Å². The maximum atomic E-state index is 13.1. The fourth-order valence-electron chi connectivity index (χ4n) is 4.59. The molecule has 4 rings (SSSR count). The number of thioether (sulfide) groups is 1. The molecule has 0 saturated heterocycles. The molecular weight excluding hydrogens is 616 g/mol. The van der Waals surface area contributed by atoms with E-state index in [4.69, 9.17) is 16.9 Å². The minimum Gasteiger partial charge on any atom is -0.350 e. The third kappa shape index (κ3) is 8.17. The van der Waals surface area contributed by atoms with E-state index in [9.17, 15) is 19.2 Å². The van der Waals surface area contributed by atoms with Crippen LogP contribution in [0.1, 0.15) is 53.8 Å². The van der Waals surface area contributed by atoms with Crippen LogP contribution < -0.4 is 21.3 Å². The van der Waals surface area contributed by atoms with Gasteiger partial charge >= 0.3 is 0 Å². The summed E-state index contributed by atoms with van der Waals surface area (Å²) in [6.07, 6.45) is 5.05. The molecule has 234 valence electrons. The number of rotatable bonds is 12. The monoisotopic (exact) mass is 648 g/mol. The molecule has 3 heterocycles. The molecule has 0 aliphatic carbocycles. The second kappa shape index (κ2) is 14.7. The number of hydrogen-bond acceptors (Lipinski definition) is 6. The van der Waals surface area contributed by atoms with Gasteiger partial charge in [-0.15, -0.1) is 23.4 Å². The highest BCUT2D eigenvalue weighted by Crippen LogP contribution is 2.24. The highest BCUT2D eigenvalue weighted by molar-refractivity contribution is 7.99.